The molecule has 3 nitrogen and oxygen atoms in total. The van der Waals surface area contributed by atoms with Gasteiger partial charge in [0.25, 0.3) is 0 Å². The maximum atomic E-state index is 6.11. The van der Waals surface area contributed by atoms with Crippen molar-refractivity contribution in [3.8, 4) is 11.5 Å². The van der Waals surface area contributed by atoms with Crippen molar-refractivity contribution in [3.63, 3.8) is 0 Å². The summed E-state index contributed by atoms with van der Waals surface area (Å²) in [6.45, 7) is 4.09. The van der Waals surface area contributed by atoms with Crippen molar-refractivity contribution in [2.24, 2.45) is 5.73 Å². The minimum absolute atomic E-state index is 0.108. The summed E-state index contributed by atoms with van der Waals surface area (Å²) in [5, 5.41) is 0. The molecule has 0 fully saturated rings. The molecular weight excluding hydrogens is 262 g/mol. The number of ether oxygens (including phenoxy) is 2. The molecule has 0 radical (unpaired) electrons. The predicted molar refractivity (Wildman–Crippen MR) is 85.8 cm³/mol. The monoisotopic (exact) mass is 285 g/mol. The third kappa shape index (κ3) is 3.99. The van der Waals surface area contributed by atoms with Crippen molar-refractivity contribution in [1.29, 1.82) is 0 Å². The molecule has 0 amide bonds. The molecule has 0 bridgehead atoms. The Balaban J connectivity index is 2.21. The van der Waals surface area contributed by atoms with E-state index >= 15 is 0 Å². The second kappa shape index (κ2) is 7.14. The summed E-state index contributed by atoms with van der Waals surface area (Å²) < 4.78 is 11.3. The van der Waals surface area contributed by atoms with Crippen LogP contribution in [-0.2, 0) is 6.42 Å². The number of benzene rings is 2. The van der Waals surface area contributed by atoms with Crippen molar-refractivity contribution < 1.29 is 9.47 Å². The summed E-state index contributed by atoms with van der Waals surface area (Å²) in [5.41, 5.74) is 8.41. The van der Waals surface area contributed by atoms with Crippen LogP contribution in [0.5, 0.6) is 11.5 Å². The van der Waals surface area contributed by atoms with Gasteiger partial charge in [-0.15, -0.1) is 0 Å². The fraction of sp³-hybridized carbons (Fsp3) is 0.333. The minimum atomic E-state index is -0.178. The van der Waals surface area contributed by atoms with E-state index in [1.807, 2.05) is 43.3 Å². The van der Waals surface area contributed by atoms with Gasteiger partial charge in [-0.2, -0.15) is 0 Å². The van der Waals surface area contributed by atoms with Crippen LogP contribution in [0.4, 0.5) is 0 Å². The minimum Gasteiger partial charge on any atom is -0.497 e. The van der Waals surface area contributed by atoms with Crippen LogP contribution in [0.25, 0.3) is 0 Å². The van der Waals surface area contributed by atoms with E-state index in [0.717, 1.165) is 23.5 Å². The number of hydrogen-bond donors (Lipinski definition) is 1. The van der Waals surface area contributed by atoms with E-state index in [9.17, 15) is 0 Å². The first-order chi connectivity index (χ1) is 10.1. The first-order valence-electron chi connectivity index (χ1n) is 7.29. The molecule has 0 heterocycles. The van der Waals surface area contributed by atoms with Gasteiger partial charge in [0.1, 0.15) is 17.6 Å². The first-order valence-corrected chi connectivity index (χ1v) is 7.29. The Morgan fingerprint density at radius 3 is 2.33 bits per heavy atom. The molecule has 2 aromatic rings. The van der Waals surface area contributed by atoms with E-state index < -0.39 is 0 Å². The summed E-state index contributed by atoms with van der Waals surface area (Å²) >= 11 is 0. The van der Waals surface area contributed by atoms with E-state index in [1.54, 1.807) is 7.11 Å². The highest BCUT2D eigenvalue weighted by molar-refractivity contribution is 5.32. The zero-order chi connectivity index (χ0) is 15.2. The quantitative estimate of drug-likeness (QED) is 0.879. The zero-order valence-electron chi connectivity index (χ0n) is 12.9. The average molecular weight is 285 g/mol. The SMILES string of the molecule is CCc1cccc(OC(c2ccc(OC)cc2)C(C)N)c1. The molecule has 0 aromatic heterocycles. The van der Waals surface area contributed by atoms with Gasteiger partial charge < -0.3 is 15.2 Å². The van der Waals surface area contributed by atoms with Crippen LogP contribution < -0.4 is 15.2 Å². The van der Waals surface area contributed by atoms with Crippen LogP contribution in [0.3, 0.4) is 0 Å². The molecule has 3 heteroatoms. The second-order valence-corrected chi connectivity index (χ2v) is 5.17. The number of aryl methyl sites for hydroxylation is 1. The van der Waals surface area contributed by atoms with Gasteiger partial charge in [-0.1, -0.05) is 31.2 Å². The molecule has 2 N–H and O–H groups in total. The Morgan fingerprint density at radius 2 is 1.76 bits per heavy atom. The summed E-state index contributed by atoms with van der Waals surface area (Å²) in [7, 11) is 1.66. The van der Waals surface area contributed by atoms with Crippen molar-refractivity contribution in [1.82, 2.24) is 0 Å². The van der Waals surface area contributed by atoms with Crippen LogP contribution >= 0.6 is 0 Å². The lowest BCUT2D eigenvalue weighted by molar-refractivity contribution is 0.180. The van der Waals surface area contributed by atoms with Gasteiger partial charge in [0.2, 0.25) is 0 Å². The highest BCUT2D eigenvalue weighted by Gasteiger charge is 2.18. The largest absolute Gasteiger partial charge is 0.497 e. The van der Waals surface area contributed by atoms with E-state index in [2.05, 4.69) is 19.1 Å². The Hall–Kier alpha value is -2.00. The lowest BCUT2D eigenvalue weighted by Gasteiger charge is -2.23. The number of rotatable bonds is 6. The number of nitrogens with two attached hydrogens (primary N) is 1. The molecular formula is C18H23NO2. The third-order valence-corrected chi connectivity index (χ3v) is 3.49. The normalized spacial score (nSPS) is 13.5. The molecule has 0 aliphatic carbocycles. The van der Waals surface area contributed by atoms with Crippen molar-refractivity contribution in [2.45, 2.75) is 32.4 Å². The number of hydrogen-bond acceptors (Lipinski definition) is 3. The highest BCUT2D eigenvalue weighted by atomic mass is 16.5. The Kier molecular flexibility index (Phi) is 5.23. The fourth-order valence-electron chi connectivity index (χ4n) is 2.26. The first kappa shape index (κ1) is 15.4. The standard InChI is InChI=1S/C18H23NO2/c1-4-14-6-5-7-17(12-14)21-18(13(2)19)15-8-10-16(20-3)11-9-15/h5-13,18H,4,19H2,1-3H3. The molecule has 0 aliphatic heterocycles. The molecule has 112 valence electrons. The van der Waals surface area contributed by atoms with Crippen LogP contribution in [0.1, 0.15) is 31.1 Å². The van der Waals surface area contributed by atoms with Crippen molar-refractivity contribution >= 4 is 0 Å². The van der Waals surface area contributed by atoms with E-state index in [0.29, 0.717) is 0 Å². The Morgan fingerprint density at radius 1 is 1.05 bits per heavy atom. The van der Waals surface area contributed by atoms with Gasteiger partial charge in [-0.25, -0.2) is 0 Å². The van der Waals surface area contributed by atoms with Gasteiger partial charge >= 0.3 is 0 Å². The molecule has 2 rings (SSSR count). The average Bonchev–Trinajstić information content (AvgIpc) is 2.52. The highest BCUT2D eigenvalue weighted by Crippen LogP contribution is 2.26. The van der Waals surface area contributed by atoms with Gasteiger partial charge in [-0.05, 0) is 48.7 Å². The molecule has 0 saturated heterocycles. The Bertz CT molecular complexity index is 564. The second-order valence-electron chi connectivity index (χ2n) is 5.17. The van der Waals surface area contributed by atoms with Gasteiger partial charge in [0.05, 0.1) is 7.11 Å². The molecule has 0 saturated carbocycles. The maximum Gasteiger partial charge on any atom is 0.138 e. The summed E-state index contributed by atoms with van der Waals surface area (Å²) in [6, 6.07) is 15.9. The lowest BCUT2D eigenvalue weighted by atomic mass is 10.0. The van der Waals surface area contributed by atoms with Crippen LogP contribution in [0.15, 0.2) is 48.5 Å². The van der Waals surface area contributed by atoms with Gasteiger partial charge in [0.15, 0.2) is 0 Å². The van der Waals surface area contributed by atoms with Crippen LogP contribution in [-0.4, -0.2) is 13.2 Å². The van der Waals surface area contributed by atoms with E-state index in [4.69, 9.17) is 15.2 Å². The summed E-state index contributed by atoms with van der Waals surface area (Å²) in [4.78, 5) is 0. The smallest absolute Gasteiger partial charge is 0.138 e. The molecule has 21 heavy (non-hydrogen) atoms. The number of methoxy groups -OCH3 is 1. The molecule has 0 aliphatic rings. The Labute approximate surface area is 126 Å². The van der Waals surface area contributed by atoms with Crippen molar-refractivity contribution in [2.75, 3.05) is 7.11 Å². The molecule has 0 spiro atoms. The molecule has 2 unspecified atom stereocenters. The van der Waals surface area contributed by atoms with E-state index in [-0.39, 0.29) is 12.1 Å². The predicted octanol–water partition coefficient (Wildman–Crippen LogP) is 3.72. The molecule has 2 aromatic carbocycles. The maximum absolute atomic E-state index is 6.11. The van der Waals surface area contributed by atoms with Gasteiger partial charge in [0, 0.05) is 6.04 Å². The topological polar surface area (TPSA) is 44.5 Å². The van der Waals surface area contributed by atoms with Crippen molar-refractivity contribution in [3.05, 3.63) is 59.7 Å². The van der Waals surface area contributed by atoms with E-state index in [1.165, 1.54) is 5.56 Å². The van der Waals surface area contributed by atoms with Crippen LogP contribution in [0.2, 0.25) is 0 Å². The molecule has 2 atom stereocenters. The third-order valence-electron chi connectivity index (χ3n) is 3.49. The van der Waals surface area contributed by atoms with Crippen LogP contribution in [0, 0.1) is 0 Å². The summed E-state index contributed by atoms with van der Waals surface area (Å²) in [6.07, 6.45) is 0.811. The lowest BCUT2D eigenvalue weighted by Crippen LogP contribution is -2.29. The summed E-state index contributed by atoms with van der Waals surface area (Å²) in [5.74, 6) is 1.68. The fourth-order valence-corrected chi connectivity index (χ4v) is 2.26. The zero-order valence-corrected chi connectivity index (χ0v) is 12.9. The van der Waals surface area contributed by atoms with Gasteiger partial charge in [-0.3, -0.25) is 0 Å².